The van der Waals surface area contributed by atoms with Crippen LogP contribution in [0.1, 0.15) is 25.0 Å². The van der Waals surface area contributed by atoms with Crippen LogP contribution in [0.5, 0.6) is 0 Å². The minimum Gasteiger partial charge on any atom is -0.374 e. The van der Waals surface area contributed by atoms with Crippen molar-refractivity contribution in [2.45, 2.75) is 45.9 Å². The molecule has 0 saturated carbocycles. The van der Waals surface area contributed by atoms with Gasteiger partial charge in [0.25, 0.3) is 40.5 Å². The number of hydrogen-bond donors (Lipinski definition) is 12. The molecule has 0 amide bonds. The molecule has 6 aromatic rings. The zero-order valence-corrected chi connectivity index (χ0v) is 36.9. The SMILES string of the molecule is CC(O)Nc1nc(Nc2ccc(S(=O)(=O)O)cc2)nc(Nc2ccc(C=Cc3ccc(Nc4nc(Nc5ccc(S(=O)(=O)O)cc5)nc(NC(C)O)n4)cc3S(=O)(=O)O)c(S(=O)(=O)O)c2)n1. The normalized spacial score (nSPS) is 13.2. The highest BCUT2D eigenvalue weighted by Gasteiger charge is 2.20. The summed E-state index contributed by atoms with van der Waals surface area (Å²) < 4.78 is 135. The van der Waals surface area contributed by atoms with E-state index in [4.69, 9.17) is 0 Å². The van der Waals surface area contributed by atoms with Gasteiger partial charge in [-0.3, -0.25) is 18.2 Å². The molecule has 2 heterocycles. The summed E-state index contributed by atoms with van der Waals surface area (Å²) in [6, 6.07) is 16.9. The summed E-state index contributed by atoms with van der Waals surface area (Å²) in [6.07, 6.45) is -0.00540. The quantitative estimate of drug-likeness (QED) is 0.0332. The Labute approximate surface area is 375 Å². The Bertz CT molecular complexity index is 3050. The Balaban J connectivity index is 1.27. The Morgan fingerprint density at radius 3 is 0.955 bits per heavy atom. The van der Waals surface area contributed by atoms with E-state index < -0.39 is 62.7 Å². The van der Waals surface area contributed by atoms with Crippen molar-refractivity contribution in [2.75, 3.05) is 31.9 Å². The number of aromatic nitrogens is 6. The van der Waals surface area contributed by atoms with E-state index >= 15 is 0 Å². The van der Waals surface area contributed by atoms with Crippen LogP contribution in [0.3, 0.4) is 0 Å². The Morgan fingerprint density at radius 2 is 0.682 bits per heavy atom. The monoisotopic (exact) mass is 988 g/mol. The zero-order chi connectivity index (χ0) is 48.2. The summed E-state index contributed by atoms with van der Waals surface area (Å²) in [4.78, 5) is 22.9. The van der Waals surface area contributed by atoms with E-state index in [2.05, 4.69) is 61.8 Å². The number of anilines is 10. The molecule has 0 aliphatic rings. The van der Waals surface area contributed by atoms with Gasteiger partial charge in [0.1, 0.15) is 22.2 Å². The number of aliphatic hydroxyl groups excluding tert-OH is 2. The number of hydrogen-bond acceptors (Lipinski definition) is 22. The van der Waals surface area contributed by atoms with Gasteiger partial charge in [-0.1, -0.05) is 24.3 Å². The van der Waals surface area contributed by atoms with Crippen LogP contribution >= 0.6 is 0 Å². The second-order valence-electron chi connectivity index (χ2n) is 13.5. The number of benzene rings is 4. The van der Waals surface area contributed by atoms with Crippen molar-refractivity contribution >= 4 is 111 Å². The average Bonchev–Trinajstić information content (AvgIpc) is 3.19. The lowest BCUT2D eigenvalue weighted by molar-refractivity contribution is 0.223. The van der Waals surface area contributed by atoms with E-state index in [0.717, 1.165) is 48.6 Å². The fraction of sp³-hybridized carbons (Fsp3) is 0.111. The average molecular weight is 989 g/mol. The predicted molar refractivity (Wildman–Crippen MR) is 237 cm³/mol. The first kappa shape index (κ1) is 48.5. The molecule has 0 spiro atoms. The summed E-state index contributed by atoms with van der Waals surface area (Å²) in [5.41, 5.74) is 0.257. The van der Waals surface area contributed by atoms with Gasteiger partial charge in [0, 0.05) is 22.7 Å². The third-order valence-corrected chi connectivity index (χ3v) is 11.9. The lowest BCUT2D eigenvalue weighted by Gasteiger charge is -2.14. The van der Waals surface area contributed by atoms with Gasteiger partial charge in [-0.15, -0.1) is 0 Å². The van der Waals surface area contributed by atoms with Crippen molar-refractivity contribution in [1.82, 2.24) is 29.9 Å². The molecule has 30 heteroatoms. The first-order valence-electron chi connectivity index (χ1n) is 18.3. The van der Waals surface area contributed by atoms with Gasteiger partial charge < -0.3 is 42.1 Å². The van der Waals surface area contributed by atoms with Crippen LogP contribution in [0.4, 0.5) is 58.4 Å². The smallest absolute Gasteiger partial charge is 0.295 e. The summed E-state index contributed by atoms with van der Waals surface area (Å²) in [7, 11) is -18.9. The minimum absolute atomic E-state index is 0.00466. The van der Waals surface area contributed by atoms with Crippen molar-refractivity contribution in [3.63, 3.8) is 0 Å². The third kappa shape index (κ3) is 13.3. The molecular weight excluding hydrogens is 953 g/mol. The topological polar surface area (TPSA) is 407 Å². The van der Waals surface area contributed by atoms with Crippen LogP contribution in [0.2, 0.25) is 0 Å². The highest BCUT2D eigenvalue weighted by Crippen LogP contribution is 2.29. The first-order valence-corrected chi connectivity index (χ1v) is 24.1. The molecule has 6 rings (SSSR count). The molecule has 2 unspecified atom stereocenters. The molecule has 0 aliphatic carbocycles. The van der Waals surface area contributed by atoms with E-state index in [1.54, 1.807) is 0 Å². The zero-order valence-electron chi connectivity index (χ0n) is 33.7. The molecule has 2 aromatic heterocycles. The number of aliphatic hydroxyl groups is 2. The summed E-state index contributed by atoms with van der Waals surface area (Å²) in [6.45, 7) is 2.74. The van der Waals surface area contributed by atoms with Gasteiger partial charge in [-0.2, -0.15) is 63.6 Å². The van der Waals surface area contributed by atoms with Gasteiger partial charge in [-0.25, -0.2) is 0 Å². The summed E-state index contributed by atoms with van der Waals surface area (Å²) in [5.74, 6) is -1.04. The highest BCUT2D eigenvalue weighted by molar-refractivity contribution is 7.86. The van der Waals surface area contributed by atoms with Crippen LogP contribution < -0.4 is 31.9 Å². The van der Waals surface area contributed by atoms with Crippen molar-refractivity contribution in [3.8, 4) is 0 Å². The van der Waals surface area contributed by atoms with Gasteiger partial charge in [0.2, 0.25) is 35.7 Å². The molecule has 26 nitrogen and oxygen atoms in total. The minimum atomic E-state index is -4.98. The standard InChI is InChI=1S/C36H36N12O14S4/c1-19(49)37-31-43-33(39-23-9-13-27(14-10-23)63(51,52)53)47-35(45-31)41-25-7-5-21(29(17-25)65(57,58)59)3-4-22-6-8-26(18-30(22)66(60,61)62)42-36-46-32(38-20(2)50)44-34(48-36)40-24-11-15-28(16-12-24)64(54,55)56/h3-20,49-50H,1-2H3,(H,51,52,53)(H,54,55,56)(H,57,58,59)(H,60,61,62)(H3,37,39,41,43,45,47)(H3,38,40,42,44,46,48). The van der Waals surface area contributed by atoms with Crippen LogP contribution in [-0.2, 0) is 40.5 Å². The van der Waals surface area contributed by atoms with Crippen LogP contribution in [0.25, 0.3) is 12.2 Å². The predicted octanol–water partition coefficient (Wildman–Crippen LogP) is 3.69. The number of nitrogens with zero attached hydrogens (tertiary/aromatic N) is 6. The summed E-state index contributed by atoms with van der Waals surface area (Å²) >= 11 is 0. The lowest BCUT2D eigenvalue weighted by atomic mass is 10.1. The molecule has 12 N–H and O–H groups in total. The van der Waals surface area contributed by atoms with E-state index in [0.29, 0.717) is 0 Å². The molecule has 2 atom stereocenters. The number of rotatable bonds is 18. The Kier molecular flexibility index (Phi) is 14.1. The maximum Gasteiger partial charge on any atom is 0.295 e. The van der Waals surface area contributed by atoms with E-state index in [9.17, 15) is 62.1 Å². The first-order chi connectivity index (χ1) is 30.8. The van der Waals surface area contributed by atoms with Gasteiger partial charge in [0.15, 0.2) is 0 Å². The number of nitrogens with one attached hydrogen (secondary N) is 6. The Morgan fingerprint density at radius 1 is 0.409 bits per heavy atom. The molecule has 0 radical (unpaired) electrons. The maximum atomic E-state index is 12.6. The third-order valence-electron chi connectivity index (χ3n) is 8.30. The van der Waals surface area contributed by atoms with E-state index in [1.807, 2.05) is 0 Å². The largest absolute Gasteiger partial charge is 0.374 e. The molecule has 0 bridgehead atoms. The van der Waals surface area contributed by atoms with Gasteiger partial charge in [0.05, 0.1) is 9.79 Å². The molecule has 66 heavy (non-hydrogen) atoms. The highest BCUT2D eigenvalue weighted by atomic mass is 32.2. The van der Waals surface area contributed by atoms with Crippen LogP contribution in [0, 0.1) is 0 Å². The van der Waals surface area contributed by atoms with Crippen LogP contribution in [0.15, 0.2) is 105 Å². The molecule has 348 valence electrons. The van der Waals surface area contributed by atoms with Crippen molar-refractivity contribution < 1.29 is 62.1 Å². The molecule has 0 aliphatic heterocycles. The molecule has 4 aromatic carbocycles. The lowest BCUT2D eigenvalue weighted by Crippen LogP contribution is -2.17. The second-order valence-corrected chi connectivity index (χ2v) is 19.2. The fourth-order valence-corrected chi connectivity index (χ4v) is 7.92. The maximum absolute atomic E-state index is 12.6. The van der Waals surface area contributed by atoms with Gasteiger partial charge in [-0.05, 0) is 97.8 Å². The van der Waals surface area contributed by atoms with Crippen molar-refractivity contribution in [1.29, 1.82) is 0 Å². The van der Waals surface area contributed by atoms with Crippen molar-refractivity contribution in [3.05, 3.63) is 96.1 Å². The van der Waals surface area contributed by atoms with Gasteiger partial charge >= 0.3 is 0 Å². The fourth-order valence-electron chi connectivity index (χ4n) is 5.54. The summed E-state index contributed by atoms with van der Waals surface area (Å²) in [5, 5.41) is 36.0. The van der Waals surface area contributed by atoms with Crippen LogP contribution in [-0.4, -0.2) is 104 Å². The Hall–Kier alpha value is -7.00. The van der Waals surface area contributed by atoms with E-state index in [-0.39, 0.29) is 79.4 Å². The second kappa shape index (κ2) is 19.2. The molecule has 0 saturated heterocycles. The molecular formula is C36H36N12O14S4. The molecule has 0 fully saturated rings. The van der Waals surface area contributed by atoms with E-state index in [1.165, 1.54) is 62.4 Å². The van der Waals surface area contributed by atoms with Crippen molar-refractivity contribution in [2.24, 2.45) is 0 Å².